The molecule has 5 atom stereocenters. The third kappa shape index (κ3) is 4.90. The number of carbonyl (C=O) groups is 3. The minimum atomic E-state index is -0.837. The van der Waals surface area contributed by atoms with E-state index in [-0.39, 0.29) is 23.2 Å². The number of benzene rings is 1. The Hall–Kier alpha value is -3.77. The Morgan fingerprint density at radius 1 is 1.12 bits per heavy atom. The van der Waals surface area contributed by atoms with Gasteiger partial charge in [0.25, 0.3) is 5.91 Å². The molecule has 6 rings (SSSR count). The number of hydrogen-bond acceptors (Lipinski definition) is 8. The van der Waals surface area contributed by atoms with Gasteiger partial charge in [0, 0.05) is 11.3 Å². The quantitative estimate of drug-likeness (QED) is 0.171. The minimum absolute atomic E-state index is 0.0841. The van der Waals surface area contributed by atoms with Gasteiger partial charge >= 0.3 is 5.97 Å². The zero-order valence-corrected chi connectivity index (χ0v) is 26.0. The first-order valence-electron chi connectivity index (χ1n) is 15.3. The number of aryl methyl sites for hydroxylation is 1. The second kappa shape index (κ2) is 11.1. The fraction of sp³-hybridized carbons (Fsp3) is 0.500. The van der Waals surface area contributed by atoms with E-state index in [1.165, 1.54) is 16.9 Å². The van der Waals surface area contributed by atoms with Crippen molar-refractivity contribution < 1.29 is 19.1 Å². The number of nitrogens with one attached hydrogen (secondary N) is 2. The number of fused-ring (bicyclic) bond motifs is 7. The van der Waals surface area contributed by atoms with Crippen LogP contribution in [0, 0.1) is 41.4 Å². The highest BCUT2D eigenvalue weighted by Gasteiger charge is 2.59. The van der Waals surface area contributed by atoms with Gasteiger partial charge < -0.3 is 10.1 Å². The molecular formula is C34H38N4O4S. The molecule has 1 amide bonds. The van der Waals surface area contributed by atoms with Crippen LogP contribution in [0.15, 0.2) is 41.0 Å². The van der Waals surface area contributed by atoms with Crippen LogP contribution in [0.2, 0.25) is 0 Å². The molecule has 43 heavy (non-hydrogen) atoms. The molecule has 2 N–H and O–H groups in total. The zero-order valence-electron chi connectivity index (χ0n) is 25.2. The van der Waals surface area contributed by atoms with Crippen LogP contribution in [0.5, 0.6) is 0 Å². The Bertz CT molecular complexity index is 1600. The number of nitrogens with zero attached hydrogens (tertiary/aromatic N) is 2. The fourth-order valence-electron chi connectivity index (χ4n) is 8.49. The van der Waals surface area contributed by atoms with Crippen molar-refractivity contribution in [1.29, 1.82) is 5.26 Å². The number of hydrazone groups is 1. The molecule has 0 spiro atoms. The van der Waals surface area contributed by atoms with E-state index in [0.29, 0.717) is 40.4 Å². The van der Waals surface area contributed by atoms with Crippen LogP contribution in [0.25, 0.3) is 0 Å². The molecule has 0 aliphatic heterocycles. The Morgan fingerprint density at radius 3 is 2.60 bits per heavy atom. The standard InChI is InChI=1S/C34H38N4O4S/c1-5-42-32(41)29(38-37-21-9-6-19(2)7-10-21)30(40)36-31-24(18-35)28-27(43-31)17-26-23-11-8-20-16-22(39)12-14-33(20,3)25(23)13-15-34(26,28)4/h6-7,9-10,16,23,25-26,37H,5,8,11-15,17H2,1-4H3,(H,36,40)/b38-29-/t23-,25+,26+,33+,34+/m1/s1. The summed E-state index contributed by atoms with van der Waals surface area (Å²) in [7, 11) is 0. The first kappa shape index (κ1) is 29.3. The predicted octanol–water partition coefficient (Wildman–Crippen LogP) is 6.44. The molecule has 1 aromatic heterocycles. The molecule has 224 valence electrons. The lowest BCUT2D eigenvalue weighted by Gasteiger charge is -2.57. The summed E-state index contributed by atoms with van der Waals surface area (Å²) in [6.07, 6.45) is 8.47. The molecule has 1 aromatic carbocycles. The lowest BCUT2D eigenvalue weighted by molar-refractivity contribution is -0.135. The number of carbonyl (C=O) groups excluding carboxylic acids is 3. The van der Waals surface area contributed by atoms with Gasteiger partial charge in [0.15, 0.2) is 5.78 Å². The lowest BCUT2D eigenvalue weighted by Crippen LogP contribution is -2.51. The summed E-state index contributed by atoms with van der Waals surface area (Å²) < 4.78 is 5.12. The summed E-state index contributed by atoms with van der Waals surface area (Å²) in [6.45, 7) is 8.41. The van der Waals surface area contributed by atoms with Gasteiger partial charge in [-0.1, -0.05) is 37.1 Å². The van der Waals surface area contributed by atoms with Crippen LogP contribution in [0.3, 0.4) is 0 Å². The van der Waals surface area contributed by atoms with Crippen molar-refractivity contribution in [2.45, 2.75) is 78.1 Å². The number of hydrogen-bond donors (Lipinski definition) is 2. The summed E-state index contributed by atoms with van der Waals surface area (Å²) in [5.74, 6) is 0.221. The van der Waals surface area contributed by atoms with E-state index in [1.807, 2.05) is 25.1 Å². The summed E-state index contributed by atoms with van der Waals surface area (Å²) >= 11 is 1.45. The molecular weight excluding hydrogens is 560 g/mol. The number of ketones is 1. The molecule has 0 bridgehead atoms. The number of rotatable bonds is 6. The zero-order chi connectivity index (χ0) is 30.5. The van der Waals surface area contributed by atoms with E-state index in [4.69, 9.17) is 4.74 Å². The maximum Gasteiger partial charge on any atom is 0.364 e. The maximum absolute atomic E-state index is 13.4. The number of allylic oxidation sites excluding steroid dienone is 2. The largest absolute Gasteiger partial charge is 0.461 e. The molecule has 9 heteroatoms. The van der Waals surface area contributed by atoms with Gasteiger partial charge in [-0.15, -0.1) is 11.3 Å². The smallest absolute Gasteiger partial charge is 0.364 e. The van der Waals surface area contributed by atoms with Gasteiger partial charge in [-0.3, -0.25) is 15.0 Å². The topological polar surface area (TPSA) is 121 Å². The second-order valence-electron chi connectivity index (χ2n) is 13.0. The van der Waals surface area contributed by atoms with E-state index >= 15 is 0 Å². The number of anilines is 2. The van der Waals surface area contributed by atoms with Crippen molar-refractivity contribution in [1.82, 2.24) is 0 Å². The first-order chi connectivity index (χ1) is 20.6. The Balaban J connectivity index is 1.26. The Morgan fingerprint density at radius 2 is 1.88 bits per heavy atom. The third-order valence-electron chi connectivity index (χ3n) is 10.7. The monoisotopic (exact) mass is 598 g/mol. The van der Waals surface area contributed by atoms with Crippen molar-refractivity contribution >= 4 is 45.4 Å². The molecule has 8 nitrogen and oxygen atoms in total. The molecule has 0 unspecified atom stereocenters. The van der Waals surface area contributed by atoms with Crippen LogP contribution >= 0.6 is 11.3 Å². The Kier molecular flexibility index (Phi) is 7.54. The van der Waals surface area contributed by atoms with Gasteiger partial charge in [-0.05, 0) is 105 Å². The molecule has 2 fully saturated rings. The number of thiophene rings is 1. The molecule has 0 radical (unpaired) electrons. The number of ether oxygens (including phenoxy) is 1. The molecule has 1 heterocycles. The number of amides is 1. The number of esters is 1. The summed E-state index contributed by atoms with van der Waals surface area (Å²) in [5.41, 5.74) is 6.91. The molecule has 2 saturated carbocycles. The van der Waals surface area contributed by atoms with Crippen LogP contribution in [0.4, 0.5) is 10.7 Å². The predicted molar refractivity (Wildman–Crippen MR) is 167 cm³/mol. The van der Waals surface area contributed by atoms with Gasteiger partial charge in [-0.25, -0.2) is 4.79 Å². The average Bonchev–Trinajstić information content (AvgIpc) is 3.47. The maximum atomic E-state index is 13.4. The molecule has 0 saturated heterocycles. The number of nitriles is 1. The average molecular weight is 599 g/mol. The van der Waals surface area contributed by atoms with E-state index in [9.17, 15) is 19.6 Å². The normalized spacial score (nSPS) is 29.3. The summed E-state index contributed by atoms with van der Waals surface area (Å²) in [5, 5.41) is 17.8. The second-order valence-corrected chi connectivity index (χ2v) is 14.1. The lowest BCUT2D eigenvalue weighted by atomic mass is 9.47. The van der Waals surface area contributed by atoms with Crippen molar-refractivity contribution in [2.75, 3.05) is 17.3 Å². The Labute approximate surface area is 256 Å². The first-order valence-corrected chi connectivity index (χ1v) is 16.1. The van der Waals surface area contributed by atoms with E-state index in [0.717, 1.165) is 54.5 Å². The highest BCUT2D eigenvalue weighted by atomic mass is 32.1. The van der Waals surface area contributed by atoms with E-state index in [1.54, 1.807) is 19.1 Å². The minimum Gasteiger partial charge on any atom is -0.461 e. The van der Waals surface area contributed by atoms with Crippen molar-refractivity contribution in [3.8, 4) is 6.07 Å². The van der Waals surface area contributed by atoms with Gasteiger partial charge in [-0.2, -0.15) is 10.4 Å². The summed E-state index contributed by atoms with van der Waals surface area (Å²) in [4.78, 5) is 39.5. The van der Waals surface area contributed by atoms with Crippen LogP contribution in [0.1, 0.15) is 80.9 Å². The molecule has 4 aliphatic carbocycles. The molecule has 2 aromatic rings. The van der Waals surface area contributed by atoms with E-state index in [2.05, 4.69) is 35.8 Å². The van der Waals surface area contributed by atoms with Crippen molar-refractivity contribution in [3.05, 3.63) is 57.5 Å². The van der Waals surface area contributed by atoms with Crippen molar-refractivity contribution in [3.63, 3.8) is 0 Å². The summed E-state index contributed by atoms with van der Waals surface area (Å²) in [6, 6.07) is 9.81. The van der Waals surface area contributed by atoms with Crippen LogP contribution in [-0.2, 0) is 31.0 Å². The van der Waals surface area contributed by atoms with Crippen molar-refractivity contribution in [2.24, 2.45) is 28.3 Å². The third-order valence-corrected chi connectivity index (χ3v) is 11.8. The fourth-order valence-corrected chi connectivity index (χ4v) is 9.83. The van der Waals surface area contributed by atoms with Gasteiger partial charge in [0.2, 0.25) is 5.71 Å². The molecule has 4 aliphatic rings. The van der Waals surface area contributed by atoms with Gasteiger partial charge in [0.1, 0.15) is 11.1 Å². The van der Waals surface area contributed by atoms with Crippen LogP contribution in [-0.4, -0.2) is 30.0 Å². The SMILES string of the molecule is CCOC(=O)/C(=N\Nc1ccc(C)cc1)C(=O)Nc1sc2c(c1C#N)[C@@]1(C)CC[C@H]3[C@@H](CCC4=CC(=O)CC[C@@]43C)[C@@H]1C2. The highest BCUT2D eigenvalue weighted by Crippen LogP contribution is 2.66. The van der Waals surface area contributed by atoms with E-state index < -0.39 is 17.6 Å². The van der Waals surface area contributed by atoms with Crippen LogP contribution < -0.4 is 10.7 Å². The van der Waals surface area contributed by atoms with Gasteiger partial charge in [0.05, 0.1) is 17.9 Å². The highest BCUT2D eigenvalue weighted by molar-refractivity contribution is 7.17.